The van der Waals surface area contributed by atoms with Crippen LogP contribution in [0, 0.1) is 12.7 Å². The molecule has 0 amide bonds. The molecular weight excluding hydrogens is 305 g/mol. The van der Waals surface area contributed by atoms with E-state index in [1.165, 1.54) is 29.7 Å². The van der Waals surface area contributed by atoms with Gasteiger partial charge in [-0.3, -0.25) is 10.2 Å². The number of ether oxygens (including phenoxy) is 1. The minimum Gasteiger partial charge on any atom is -0.466 e. The summed E-state index contributed by atoms with van der Waals surface area (Å²) in [6.07, 6.45) is 1.65. The summed E-state index contributed by atoms with van der Waals surface area (Å²) in [5.74, 6) is -0.606. The smallest absolute Gasteiger partial charge is 0.311 e. The Kier molecular flexibility index (Phi) is 5.60. The van der Waals surface area contributed by atoms with Crippen LogP contribution in [-0.2, 0) is 16.0 Å². The summed E-state index contributed by atoms with van der Waals surface area (Å²) < 4.78 is 18.1. The van der Waals surface area contributed by atoms with Crippen molar-refractivity contribution < 1.29 is 13.9 Å². The minimum absolute atomic E-state index is 0.138. The Morgan fingerprint density at radius 2 is 2.32 bits per heavy atom. The van der Waals surface area contributed by atoms with Crippen LogP contribution in [0.1, 0.15) is 23.7 Å². The first-order valence-electron chi connectivity index (χ1n) is 6.73. The molecule has 0 saturated carbocycles. The van der Waals surface area contributed by atoms with Gasteiger partial charge in [0.25, 0.3) is 0 Å². The monoisotopic (exact) mass is 321 g/mol. The number of aryl methyl sites for hydroxylation is 1. The number of carbonyl (C=O) groups is 1. The highest BCUT2D eigenvalue weighted by Gasteiger charge is 2.07. The van der Waals surface area contributed by atoms with Crippen LogP contribution in [0.5, 0.6) is 0 Å². The number of hydrogen-bond donors (Lipinski definition) is 1. The van der Waals surface area contributed by atoms with Crippen molar-refractivity contribution in [2.75, 3.05) is 12.0 Å². The highest BCUT2D eigenvalue weighted by atomic mass is 32.1. The van der Waals surface area contributed by atoms with Gasteiger partial charge in [-0.1, -0.05) is 6.07 Å². The van der Waals surface area contributed by atoms with Crippen molar-refractivity contribution in [1.29, 1.82) is 0 Å². The number of hydrazone groups is 1. The molecule has 0 bridgehead atoms. The first-order valence-corrected chi connectivity index (χ1v) is 7.61. The Hall–Kier alpha value is -2.28. The third-order valence-electron chi connectivity index (χ3n) is 2.62. The molecule has 0 atom stereocenters. The van der Waals surface area contributed by atoms with Gasteiger partial charge in [-0.25, -0.2) is 9.37 Å². The average Bonchev–Trinajstić information content (AvgIpc) is 2.85. The Morgan fingerprint density at radius 1 is 1.50 bits per heavy atom. The molecular formula is C15H16FN3O2S. The predicted octanol–water partition coefficient (Wildman–Crippen LogP) is 3.14. The van der Waals surface area contributed by atoms with Gasteiger partial charge in [0.05, 0.1) is 24.9 Å². The molecule has 0 unspecified atom stereocenters. The van der Waals surface area contributed by atoms with Crippen LogP contribution in [0.4, 0.5) is 9.52 Å². The lowest BCUT2D eigenvalue weighted by Gasteiger charge is -1.98. The van der Waals surface area contributed by atoms with Gasteiger partial charge in [0, 0.05) is 5.38 Å². The topological polar surface area (TPSA) is 63.6 Å². The maximum Gasteiger partial charge on any atom is 0.311 e. The average molecular weight is 321 g/mol. The van der Waals surface area contributed by atoms with Gasteiger partial charge in [-0.2, -0.15) is 5.10 Å². The van der Waals surface area contributed by atoms with Gasteiger partial charge in [0.2, 0.25) is 5.13 Å². The van der Waals surface area contributed by atoms with Crippen LogP contribution >= 0.6 is 11.3 Å². The summed E-state index contributed by atoms with van der Waals surface area (Å²) in [5, 5.41) is 6.34. The van der Waals surface area contributed by atoms with Gasteiger partial charge in [-0.05, 0) is 37.1 Å². The highest BCUT2D eigenvalue weighted by Crippen LogP contribution is 2.16. The van der Waals surface area contributed by atoms with Crippen molar-refractivity contribution in [3.05, 3.63) is 46.2 Å². The van der Waals surface area contributed by atoms with Crippen molar-refractivity contribution >= 4 is 28.7 Å². The quantitative estimate of drug-likeness (QED) is 0.504. The van der Waals surface area contributed by atoms with E-state index in [1.54, 1.807) is 12.3 Å². The molecule has 5 nitrogen and oxygen atoms in total. The number of benzene rings is 1. The standard InChI is InChI=1S/C15H16FN3O2S/c1-3-21-14(20)7-13-9-22-15(18-13)19-17-8-11-4-10(2)5-12(16)6-11/h4-6,8-9H,3,7H2,1-2H3,(H,18,19). The van der Waals surface area contributed by atoms with Crippen molar-refractivity contribution in [1.82, 2.24) is 4.98 Å². The maximum atomic E-state index is 13.2. The SMILES string of the molecule is CCOC(=O)Cc1csc(NN=Cc2cc(C)cc(F)c2)n1. The van der Waals surface area contributed by atoms with Crippen LogP contribution < -0.4 is 5.43 Å². The first kappa shape index (κ1) is 16.1. The van der Waals surface area contributed by atoms with Crippen LogP contribution in [0.15, 0.2) is 28.7 Å². The number of aromatic nitrogens is 1. The molecule has 2 aromatic rings. The predicted molar refractivity (Wildman–Crippen MR) is 84.8 cm³/mol. The number of anilines is 1. The number of hydrogen-bond acceptors (Lipinski definition) is 6. The molecule has 0 aliphatic carbocycles. The number of esters is 1. The van der Waals surface area contributed by atoms with E-state index < -0.39 is 0 Å². The van der Waals surface area contributed by atoms with E-state index in [0.717, 1.165) is 5.56 Å². The Labute approximate surface area is 131 Å². The summed E-state index contributed by atoms with van der Waals surface area (Å²) in [6, 6.07) is 4.67. The number of rotatable bonds is 6. The molecule has 1 heterocycles. The van der Waals surface area contributed by atoms with E-state index in [9.17, 15) is 9.18 Å². The molecule has 0 fully saturated rings. The molecule has 1 N–H and O–H groups in total. The lowest BCUT2D eigenvalue weighted by atomic mass is 10.1. The molecule has 7 heteroatoms. The number of halogens is 1. The minimum atomic E-state index is -0.307. The van der Waals surface area contributed by atoms with Crippen molar-refractivity contribution in [3.63, 3.8) is 0 Å². The lowest BCUT2D eigenvalue weighted by Crippen LogP contribution is -2.07. The molecule has 0 aliphatic heterocycles. The van der Waals surface area contributed by atoms with Crippen molar-refractivity contribution in [2.45, 2.75) is 20.3 Å². The van der Waals surface area contributed by atoms with Gasteiger partial charge in [0.15, 0.2) is 0 Å². The number of carbonyl (C=O) groups excluding carboxylic acids is 1. The summed E-state index contributed by atoms with van der Waals surface area (Å²) in [4.78, 5) is 15.6. The Morgan fingerprint density at radius 3 is 3.05 bits per heavy atom. The zero-order valence-corrected chi connectivity index (χ0v) is 13.1. The fourth-order valence-electron chi connectivity index (χ4n) is 1.80. The first-order chi connectivity index (χ1) is 10.6. The maximum absolute atomic E-state index is 13.2. The van der Waals surface area contributed by atoms with Crippen molar-refractivity contribution in [3.8, 4) is 0 Å². The molecule has 0 saturated heterocycles. The van der Waals surface area contributed by atoms with E-state index in [2.05, 4.69) is 15.5 Å². The summed E-state index contributed by atoms with van der Waals surface area (Å²) >= 11 is 1.33. The summed E-state index contributed by atoms with van der Waals surface area (Å²) in [7, 11) is 0. The zero-order valence-electron chi connectivity index (χ0n) is 12.3. The molecule has 2 rings (SSSR count). The lowest BCUT2D eigenvalue weighted by molar-refractivity contribution is -0.142. The molecule has 0 radical (unpaired) electrons. The van der Waals surface area contributed by atoms with Crippen LogP contribution in [0.2, 0.25) is 0 Å². The van der Waals surface area contributed by atoms with E-state index in [1.807, 2.05) is 13.0 Å². The van der Waals surface area contributed by atoms with Crippen LogP contribution in [-0.4, -0.2) is 23.8 Å². The van der Waals surface area contributed by atoms with Gasteiger partial charge >= 0.3 is 5.97 Å². The Balaban J connectivity index is 1.93. The van der Waals surface area contributed by atoms with E-state index in [4.69, 9.17) is 4.74 Å². The zero-order chi connectivity index (χ0) is 15.9. The number of nitrogens with one attached hydrogen (secondary N) is 1. The molecule has 0 spiro atoms. The second kappa shape index (κ2) is 7.65. The normalized spacial score (nSPS) is 10.9. The largest absolute Gasteiger partial charge is 0.466 e. The van der Waals surface area contributed by atoms with Crippen molar-refractivity contribution in [2.24, 2.45) is 5.10 Å². The molecule has 116 valence electrons. The number of nitrogens with zero attached hydrogens (tertiary/aromatic N) is 2. The molecule has 22 heavy (non-hydrogen) atoms. The van der Waals surface area contributed by atoms with Gasteiger partial charge in [-0.15, -0.1) is 11.3 Å². The second-order valence-electron chi connectivity index (χ2n) is 4.56. The van der Waals surface area contributed by atoms with Gasteiger partial charge < -0.3 is 4.74 Å². The third kappa shape index (κ3) is 4.92. The summed E-state index contributed by atoms with van der Waals surface area (Å²) in [6.45, 7) is 3.93. The molecule has 0 aliphatic rings. The fraction of sp³-hybridized carbons (Fsp3) is 0.267. The summed E-state index contributed by atoms with van der Waals surface area (Å²) in [5.41, 5.74) is 4.87. The van der Waals surface area contributed by atoms with Crippen LogP contribution in [0.25, 0.3) is 0 Å². The number of thiazole rings is 1. The fourth-order valence-corrected chi connectivity index (χ4v) is 2.46. The molecule has 1 aromatic carbocycles. The van der Waals surface area contributed by atoms with E-state index in [-0.39, 0.29) is 18.2 Å². The third-order valence-corrected chi connectivity index (χ3v) is 3.42. The highest BCUT2D eigenvalue weighted by molar-refractivity contribution is 7.13. The van der Waals surface area contributed by atoms with Gasteiger partial charge in [0.1, 0.15) is 5.82 Å². The van der Waals surface area contributed by atoms with E-state index >= 15 is 0 Å². The van der Waals surface area contributed by atoms with E-state index in [0.29, 0.717) is 23.0 Å². The second-order valence-corrected chi connectivity index (χ2v) is 5.42. The van der Waals surface area contributed by atoms with Crippen LogP contribution in [0.3, 0.4) is 0 Å². The molecule has 1 aromatic heterocycles. The Bertz CT molecular complexity index is 665.